The molecule has 1 aliphatic heterocycles. The second-order valence-electron chi connectivity index (χ2n) is 5.53. The van der Waals surface area contributed by atoms with Gasteiger partial charge < -0.3 is 5.32 Å². The van der Waals surface area contributed by atoms with E-state index >= 15 is 0 Å². The molecule has 0 saturated heterocycles. The van der Waals surface area contributed by atoms with Crippen molar-refractivity contribution in [2.24, 2.45) is 7.05 Å². The van der Waals surface area contributed by atoms with Crippen LogP contribution < -0.4 is 5.32 Å². The molecule has 0 aromatic carbocycles. The van der Waals surface area contributed by atoms with Crippen LogP contribution in [-0.4, -0.2) is 39.2 Å². The normalized spacial score (nSPS) is 21.5. The highest BCUT2D eigenvalue weighted by Gasteiger charge is 2.27. The Hall–Kier alpha value is -2.14. The van der Waals surface area contributed by atoms with Gasteiger partial charge in [0.1, 0.15) is 0 Å². The predicted octanol–water partition coefficient (Wildman–Crippen LogP) is 2.51. The van der Waals surface area contributed by atoms with E-state index in [2.05, 4.69) is 40.6 Å². The SMILES string of the molecule is C=CC[C@@H]1CC=C[C@@H](CC=C)N1CC(=O)Nc1ccn(C)n1. The van der Waals surface area contributed by atoms with E-state index in [0.29, 0.717) is 18.4 Å². The zero-order valence-electron chi connectivity index (χ0n) is 13.1. The quantitative estimate of drug-likeness (QED) is 0.787. The molecule has 5 heteroatoms. The third kappa shape index (κ3) is 4.18. The second kappa shape index (κ2) is 7.75. The molecule has 0 unspecified atom stereocenters. The molecule has 1 N–H and O–H groups in total. The first-order valence-corrected chi connectivity index (χ1v) is 7.57. The van der Waals surface area contributed by atoms with Crippen LogP contribution in [0.3, 0.4) is 0 Å². The van der Waals surface area contributed by atoms with Gasteiger partial charge in [-0.1, -0.05) is 24.3 Å². The largest absolute Gasteiger partial charge is 0.308 e. The van der Waals surface area contributed by atoms with Crippen molar-refractivity contribution in [3.05, 3.63) is 49.7 Å². The first kappa shape index (κ1) is 16.2. The number of nitrogens with zero attached hydrogens (tertiary/aromatic N) is 3. The van der Waals surface area contributed by atoms with Crippen molar-refractivity contribution in [3.8, 4) is 0 Å². The fourth-order valence-corrected chi connectivity index (χ4v) is 2.79. The van der Waals surface area contributed by atoms with Gasteiger partial charge >= 0.3 is 0 Å². The van der Waals surface area contributed by atoms with Crippen LogP contribution in [0.5, 0.6) is 0 Å². The highest BCUT2D eigenvalue weighted by molar-refractivity contribution is 5.91. The molecular formula is C17H24N4O. The van der Waals surface area contributed by atoms with E-state index in [0.717, 1.165) is 19.3 Å². The van der Waals surface area contributed by atoms with Gasteiger partial charge in [0, 0.05) is 31.4 Å². The van der Waals surface area contributed by atoms with Crippen LogP contribution in [0.2, 0.25) is 0 Å². The summed E-state index contributed by atoms with van der Waals surface area (Å²) in [4.78, 5) is 14.5. The molecule has 1 aromatic rings. The van der Waals surface area contributed by atoms with Gasteiger partial charge in [0.25, 0.3) is 0 Å². The lowest BCUT2D eigenvalue weighted by atomic mass is 9.97. The molecule has 2 heterocycles. The number of hydrogen-bond donors (Lipinski definition) is 1. The molecule has 2 rings (SSSR count). The smallest absolute Gasteiger partial charge is 0.239 e. The molecule has 5 nitrogen and oxygen atoms in total. The van der Waals surface area contributed by atoms with E-state index < -0.39 is 0 Å². The Balaban J connectivity index is 2.04. The number of hydrogen-bond acceptors (Lipinski definition) is 3. The maximum absolute atomic E-state index is 12.3. The first-order chi connectivity index (χ1) is 10.6. The van der Waals surface area contributed by atoms with Crippen LogP contribution in [0.25, 0.3) is 0 Å². The van der Waals surface area contributed by atoms with Crippen LogP contribution in [0.4, 0.5) is 5.82 Å². The average molecular weight is 300 g/mol. The molecule has 1 aromatic heterocycles. The van der Waals surface area contributed by atoms with Crippen molar-refractivity contribution in [3.63, 3.8) is 0 Å². The van der Waals surface area contributed by atoms with Crippen molar-refractivity contribution in [2.75, 3.05) is 11.9 Å². The van der Waals surface area contributed by atoms with Gasteiger partial charge in [-0.3, -0.25) is 14.4 Å². The monoisotopic (exact) mass is 300 g/mol. The Labute approximate surface area is 132 Å². The van der Waals surface area contributed by atoms with Gasteiger partial charge in [-0.25, -0.2) is 0 Å². The Bertz CT molecular complexity index is 561. The number of aryl methyl sites for hydroxylation is 1. The number of aromatic nitrogens is 2. The van der Waals surface area contributed by atoms with E-state index in [1.54, 1.807) is 16.9 Å². The standard InChI is InChI=1S/C17H24N4O/c1-4-7-14-9-6-10-15(8-5-2)21(14)13-17(22)18-16-11-12-20(3)19-16/h4-6,9,11-12,14-15H,1-2,7-8,10,13H2,3H3,(H,18,19,22)/t14-,15-/m1/s1. The lowest BCUT2D eigenvalue weighted by Gasteiger charge is -2.38. The van der Waals surface area contributed by atoms with Gasteiger partial charge in [-0.15, -0.1) is 13.2 Å². The summed E-state index contributed by atoms with van der Waals surface area (Å²) in [6, 6.07) is 2.31. The van der Waals surface area contributed by atoms with Gasteiger partial charge in [-0.2, -0.15) is 5.10 Å². The third-order valence-electron chi connectivity index (χ3n) is 3.82. The molecule has 2 atom stereocenters. The summed E-state index contributed by atoms with van der Waals surface area (Å²) in [6.07, 6.45) is 12.6. The second-order valence-corrected chi connectivity index (χ2v) is 5.53. The summed E-state index contributed by atoms with van der Waals surface area (Å²) >= 11 is 0. The predicted molar refractivity (Wildman–Crippen MR) is 89.5 cm³/mol. The summed E-state index contributed by atoms with van der Waals surface area (Å²) in [5.74, 6) is 0.540. The van der Waals surface area contributed by atoms with E-state index in [9.17, 15) is 4.79 Å². The molecule has 22 heavy (non-hydrogen) atoms. The van der Waals surface area contributed by atoms with Crippen LogP contribution in [-0.2, 0) is 11.8 Å². The lowest BCUT2D eigenvalue weighted by Crippen LogP contribution is -2.47. The Morgan fingerprint density at radius 2 is 2.23 bits per heavy atom. The third-order valence-corrected chi connectivity index (χ3v) is 3.82. The summed E-state index contributed by atoms with van der Waals surface area (Å²) in [7, 11) is 1.82. The molecule has 0 bridgehead atoms. The van der Waals surface area contributed by atoms with E-state index in [4.69, 9.17) is 0 Å². The molecule has 1 amide bonds. The highest BCUT2D eigenvalue weighted by atomic mass is 16.2. The molecule has 0 spiro atoms. The number of nitrogens with one attached hydrogen (secondary N) is 1. The Kier molecular flexibility index (Phi) is 5.72. The summed E-state index contributed by atoms with van der Waals surface area (Å²) in [6.45, 7) is 7.99. The summed E-state index contributed by atoms with van der Waals surface area (Å²) in [5.41, 5.74) is 0. The number of anilines is 1. The van der Waals surface area contributed by atoms with Crippen molar-refractivity contribution in [2.45, 2.75) is 31.3 Å². The van der Waals surface area contributed by atoms with E-state index in [1.807, 2.05) is 19.2 Å². The Morgan fingerprint density at radius 3 is 2.86 bits per heavy atom. The van der Waals surface area contributed by atoms with Crippen molar-refractivity contribution in [1.29, 1.82) is 0 Å². The first-order valence-electron chi connectivity index (χ1n) is 7.57. The molecule has 0 fully saturated rings. The number of carbonyl (C=O) groups excluding carboxylic acids is 1. The fraction of sp³-hybridized carbons (Fsp3) is 0.412. The summed E-state index contributed by atoms with van der Waals surface area (Å²) < 4.78 is 1.67. The van der Waals surface area contributed by atoms with Crippen molar-refractivity contribution < 1.29 is 4.79 Å². The minimum atomic E-state index is -0.0443. The maximum atomic E-state index is 12.3. The maximum Gasteiger partial charge on any atom is 0.239 e. The number of carbonyl (C=O) groups is 1. The minimum absolute atomic E-state index is 0.0443. The number of rotatable bonds is 7. The Morgan fingerprint density at radius 1 is 1.45 bits per heavy atom. The topological polar surface area (TPSA) is 50.2 Å². The van der Waals surface area contributed by atoms with Gasteiger partial charge in [-0.05, 0) is 19.3 Å². The molecular weight excluding hydrogens is 276 g/mol. The molecule has 1 aliphatic rings. The van der Waals surface area contributed by atoms with Crippen LogP contribution in [0.1, 0.15) is 19.3 Å². The molecule has 118 valence electrons. The van der Waals surface area contributed by atoms with Gasteiger partial charge in [0.05, 0.1) is 6.54 Å². The van der Waals surface area contributed by atoms with Crippen LogP contribution >= 0.6 is 0 Å². The summed E-state index contributed by atoms with van der Waals surface area (Å²) in [5, 5.41) is 7.02. The van der Waals surface area contributed by atoms with E-state index in [-0.39, 0.29) is 11.9 Å². The van der Waals surface area contributed by atoms with Crippen LogP contribution in [0, 0.1) is 0 Å². The zero-order valence-corrected chi connectivity index (χ0v) is 13.1. The minimum Gasteiger partial charge on any atom is -0.308 e. The molecule has 0 radical (unpaired) electrons. The number of amides is 1. The van der Waals surface area contributed by atoms with Gasteiger partial charge in [0.2, 0.25) is 5.91 Å². The molecule has 0 saturated carbocycles. The highest BCUT2D eigenvalue weighted by Crippen LogP contribution is 2.22. The van der Waals surface area contributed by atoms with Crippen LogP contribution in [0.15, 0.2) is 49.7 Å². The lowest BCUT2D eigenvalue weighted by molar-refractivity contribution is -0.118. The van der Waals surface area contributed by atoms with Gasteiger partial charge in [0.15, 0.2) is 5.82 Å². The van der Waals surface area contributed by atoms with E-state index in [1.165, 1.54) is 0 Å². The fourth-order valence-electron chi connectivity index (χ4n) is 2.79. The zero-order chi connectivity index (χ0) is 15.9. The van der Waals surface area contributed by atoms with Crippen molar-refractivity contribution >= 4 is 11.7 Å². The average Bonchev–Trinajstić information content (AvgIpc) is 2.88. The molecule has 0 aliphatic carbocycles. The van der Waals surface area contributed by atoms with Crippen molar-refractivity contribution in [1.82, 2.24) is 14.7 Å².